The molecule has 0 amide bonds. The van der Waals surface area contributed by atoms with Gasteiger partial charge in [0, 0.05) is 6.54 Å². The van der Waals surface area contributed by atoms with Crippen molar-refractivity contribution in [2.24, 2.45) is 0 Å². The first-order chi connectivity index (χ1) is 10.0. The van der Waals surface area contributed by atoms with Crippen LogP contribution in [0.2, 0.25) is 0 Å². The summed E-state index contributed by atoms with van der Waals surface area (Å²) in [7, 11) is -4.70. The second kappa shape index (κ2) is 5.51. The fraction of sp³-hybridized carbons (Fsp3) is 0.417. The third-order valence-electron chi connectivity index (χ3n) is 3.32. The normalized spacial score (nSPS) is 20.3. The Balaban J connectivity index is 2.58. The molecule has 122 valence electrons. The lowest BCUT2D eigenvalue weighted by atomic mass is 10.2. The molecule has 0 bridgehead atoms. The smallest absolute Gasteiger partial charge is 0.417 e. The number of carboxylic acids is 1. The second-order valence-electron chi connectivity index (χ2n) is 4.75. The van der Waals surface area contributed by atoms with Crippen LogP contribution >= 0.6 is 0 Å². The van der Waals surface area contributed by atoms with Crippen LogP contribution in [0.25, 0.3) is 0 Å². The number of aliphatic carboxylic acids is 1. The van der Waals surface area contributed by atoms with Crippen molar-refractivity contribution in [2.45, 2.75) is 30.0 Å². The van der Waals surface area contributed by atoms with Gasteiger partial charge in [-0.15, -0.1) is 0 Å². The summed E-state index contributed by atoms with van der Waals surface area (Å²) >= 11 is 0. The maximum Gasteiger partial charge on any atom is 0.417 e. The van der Waals surface area contributed by atoms with Crippen molar-refractivity contribution in [3.63, 3.8) is 0 Å². The average Bonchev–Trinajstić information content (AvgIpc) is 2.87. The highest BCUT2D eigenvalue weighted by molar-refractivity contribution is 7.89. The van der Waals surface area contributed by atoms with Gasteiger partial charge >= 0.3 is 12.1 Å². The van der Waals surface area contributed by atoms with Crippen molar-refractivity contribution < 1.29 is 35.9 Å². The van der Waals surface area contributed by atoms with Gasteiger partial charge in [0.25, 0.3) is 0 Å². The maximum absolute atomic E-state index is 13.0. The van der Waals surface area contributed by atoms with Crippen LogP contribution in [0.3, 0.4) is 0 Å². The molecule has 0 aliphatic carbocycles. The van der Waals surface area contributed by atoms with Crippen LogP contribution in [0.1, 0.15) is 18.4 Å². The molecular formula is C12H11F4NO4S. The Morgan fingerprint density at radius 1 is 1.32 bits per heavy atom. The van der Waals surface area contributed by atoms with Crippen LogP contribution in [0, 0.1) is 5.82 Å². The van der Waals surface area contributed by atoms with Crippen molar-refractivity contribution in [3.8, 4) is 0 Å². The van der Waals surface area contributed by atoms with E-state index in [9.17, 15) is 30.8 Å². The highest BCUT2D eigenvalue weighted by Gasteiger charge is 2.44. The van der Waals surface area contributed by atoms with Crippen molar-refractivity contribution in [3.05, 3.63) is 29.6 Å². The maximum atomic E-state index is 13.0. The quantitative estimate of drug-likeness (QED) is 0.854. The number of nitrogens with zero attached hydrogens (tertiary/aromatic N) is 1. The lowest BCUT2D eigenvalue weighted by Crippen LogP contribution is -2.41. The standard InChI is InChI=1S/C12H11F4NO4S/c13-7-3-4-10(8(6-7)12(14,15)16)22(20,21)17-5-1-2-9(17)11(18)19/h3-4,6,9H,1-2,5H2,(H,18,19)/t9-/m0/s1. The minimum atomic E-state index is -5.08. The van der Waals surface area contributed by atoms with Crippen LogP contribution in [-0.2, 0) is 21.0 Å². The van der Waals surface area contributed by atoms with Crippen molar-refractivity contribution in [1.82, 2.24) is 4.31 Å². The van der Waals surface area contributed by atoms with E-state index < -0.39 is 44.5 Å². The van der Waals surface area contributed by atoms with Gasteiger partial charge in [-0.1, -0.05) is 0 Å². The highest BCUT2D eigenvalue weighted by atomic mass is 32.2. The topological polar surface area (TPSA) is 74.7 Å². The average molecular weight is 341 g/mol. The van der Waals surface area contributed by atoms with Gasteiger partial charge in [0.2, 0.25) is 10.0 Å². The van der Waals surface area contributed by atoms with E-state index in [1.54, 1.807) is 0 Å². The number of hydrogen-bond acceptors (Lipinski definition) is 3. The Bertz CT molecular complexity index is 702. The van der Waals surface area contributed by atoms with Gasteiger partial charge in [-0.2, -0.15) is 17.5 Å². The number of rotatable bonds is 3. The summed E-state index contributed by atoms with van der Waals surface area (Å²) in [5, 5.41) is 8.98. The minimum Gasteiger partial charge on any atom is -0.480 e. The predicted molar refractivity (Wildman–Crippen MR) is 66.0 cm³/mol. The zero-order valence-corrected chi connectivity index (χ0v) is 11.8. The molecule has 1 aliphatic heterocycles. The molecule has 0 spiro atoms. The fourth-order valence-electron chi connectivity index (χ4n) is 2.35. The Morgan fingerprint density at radius 2 is 1.95 bits per heavy atom. The fourth-order valence-corrected chi connectivity index (χ4v) is 4.19. The molecule has 1 atom stereocenters. The number of benzene rings is 1. The summed E-state index contributed by atoms with van der Waals surface area (Å²) < 4.78 is 77.1. The molecular weight excluding hydrogens is 330 g/mol. The largest absolute Gasteiger partial charge is 0.480 e. The third kappa shape index (κ3) is 2.93. The third-order valence-corrected chi connectivity index (χ3v) is 5.29. The molecule has 1 heterocycles. The summed E-state index contributed by atoms with van der Waals surface area (Å²) in [6.07, 6.45) is -4.85. The molecule has 1 N–H and O–H groups in total. The number of alkyl halides is 3. The van der Waals surface area contributed by atoms with Crippen LogP contribution in [0.15, 0.2) is 23.1 Å². The van der Waals surface area contributed by atoms with Gasteiger partial charge in [0.15, 0.2) is 0 Å². The van der Waals surface area contributed by atoms with E-state index in [0.29, 0.717) is 16.4 Å². The lowest BCUT2D eigenvalue weighted by Gasteiger charge is -2.23. The van der Waals surface area contributed by atoms with Crippen LogP contribution in [0.4, 0.5) is 17.6 Å². The zero-order chi connectivity index (χ0) is 16.7. The molecule has 1 fully saturated rings. The molecule has 0 saturated carbocycles. The SMILES string of the molecule is O=C(O)[C@@H]1CCCN1S(=O)(=O)c1ccc(F)cc1C(F)(F)F. The van der Waals surface area contributed by atoms with E-state index in [-0.39, 0.29) is 25.5 Å². The predicted octanol–water partition coefficient (Wildman–Crippen LogP) is 2.08. The monoisotopic (exact) mass is 341 g/mol. The highest BCUT2D eigenvalue weighted by Crippen LogP contribution is 2.37. The summed E-state index contributed by atoms with van der Waals surface area (Å²) in [6, 6.07) is -0.242. The number of hydrogen-bond donors (Lipinski definition) is 1. The van der Waals surface area contributed by atoms with Gasteiger partial charge in [0.05, 0.1) is 10.5 Å². The molecule has 1 aromatic rings. The Labute approximate surface area is 123 Å². The molecule has 10 heteroatoms. The Kier molecular flexibility index (Phi) is 4.18. The van der Waals surface area contributed by atoms with Crippen molar-refractivity contribution in [2.75, 3.05) is 6.54 Å². The molecule has 1 aliphatic rings. The molecule has 1 aromatic carbocycles. The molecule has 1 saturated heterocycles. The first kappa shape index (κ1) is 16.7. The van der Waals surface area contributed by atoms with Gasteiger partial charge in [-0.25, -0.2) is 12.8 Å². The van der Waals surface area contributed by atoms with Crippen LogP contribution < -0.4 is 0 Å². The summed E-state index contributed by atoms with van der Waals surface area (Å²) in [5.74, 6) is -2.67. The van der Waals surface area contributed by atoms with E-state index in [4.69, 9.17) is 5.11 Å². The van der Waals surface area contributed by atoms with E-state index in [0.717, 1.165) is 0 Å². The van der Waals surface area contributed by atoms with Gasteiger partial charge < -0.3 is 5.11 Å². The first-order valence-electron chi connectivity index (χ1n) is 6.16. The Morgan fingerprint density at radius 3 is 2.50 bits per heavy atom. The minimum absolute atomic E-state index is 0.0110. The van der Waals surface area contributed by atoms with Crippen molar-refractivity contribution >= 4 is 16.0 Å². The van der Waals surface area contributed by atoms with Crippen LogP contribution in [-0.4, -0.2) is 36.4 Å². The molecule has 5 nitrogen and oxygen atoms in total. The number of sulfonamides is 1. The van der Waals surface area contributed by atoms with E-state index in [2.05, 4.69) is 0 Å². The second-order valence-corrected chi connectivity index (χ2v) is 6.61. The van der Waals surface area contributed by atoms with E-state index >= 15 is 0 Å². The van der Waals surface area contributed by atoms with Crippen molar-refractivity contribution in [1.29, 1.82) is 0 Å². The molecule has 2 rings (SSSR count). The summed E-state index contributed by atoms with van der Waals surface area (Å²) in [5.41, 5.74) is -1.65. The van der Waals surface area contributed by atoms with E-state index in [1.807, 2.05) is 0 Å². The number of carbonyl (C=O) groups is 1. The van der Waals surface area contributed by atoms with Gasteiger partial charge in [0.1, 0.15) is 11.9 Å². The Hall–Kier alpha value is -1.68. The van der Waals surface area contributed by atoms with Gasteiger partial charge in [-0.3, -0.25) is 4.79 Å². The summed E-state index contributed by atoms with van der Waals surface area (Å²) in [6.45, 7) is -0.200. The molecule has 0 aromatic heterocycles. The molecule has 22 heavy (non-hydrogen) atoms. The van der Waals surface area contributed by atoms with Gasteiger partial charge in [-0.05, 0) is 31.0 Å². The van der Waals surface area contributed by atoms with Crippen LogP contribution in [0.5, 0.6) is 0 Å². The first-order valence-corrected chi connectivity index (χ1v) is 7.60. The van der Waals surface area contributed by atoms with E-state index in [1.165, 1.54) is 0 Å². The lowest BCUT2D eigenvalue weighted by molar-refractivity contribution is -0.140. The molecule has 0 radical (unpaired) electrons. The number of halogens is 4. The molecule has 0 unspecified atom stereocenters. The number of carboxylic acid groups (broad SMARTS) is 1. The summed E-state index contributed by atoms with van der Waals surface area (Å²) in [4.78, 5) is 9.89. The zero-order valence-electron chi connectivity index (χ0n) is 11.0.